The molecule has 1 aromatic rings. The maximum atomic E-state index is 9.85. The van der Waals surface area contributed by atoms with Gasteiger partial charge < -0.3 is 34.3 Å². The summed E-state index contributed by atoms with van der Waals surface area (Å²) in [6, 6.07) is -0.301. The molecule has 0 aromatic carbocycles. The number of hydrogen-bond acceptors (Lipinski definition) is 10. The molecule has 118 valence electrons. The van der Waals surface area contributed by atoms with Gasteiger partial charge in [0.25, 0.3) is 0 Å². The monoisotopic (exact) mass is 303 g/mol. The van der Waals surface area contributed by atoms with Crippen LogP contribution in [0.25, 0.3) is 0 Å². The van der Waals surface area contributed by atoms with Crippen molar-refractivity contribution in [3.8, 4) is 18.0 Å². The molecule has 0 aliphatic carbocycles. The Labute approximate surface area is 120 Å². The number of aliphatic hydroxyl groups is 3. The largest absolute Gasteiger partial charge is 0.467 e. The Morgan fingerprint density at radius 1 is 0.857 bits per heavy atom. The molecule has 0 saturated carbocycles. The first-order chi connectivity index (χ1) is 9.96. The predicted molar refractivity (Wildman–Crippen MR) is 65.9 cm³/mol. The zero-order valence-corrected chi connectivity index (χ0v) is 11.7. The minimum atomic E-state index is -1.47. The second-order valence-electron chi connectivity index (χ2n) is 4.39. The van der Waals surface area contributed by atoms with Gasteiger partial charge in [-0.25, -0.2) is 0 Å². The molecular formula is C11H17N3O7. The molecule has 0 amide bonds. The number of nitrogens with zero attached hydrogens (tertiary/aromatic N) is 3. The number of rotatable bonds is 4. The van der Waals surface area contributed by atoms with Crippen LogP contribution in [-0.4, -0.2) is 75.2 Å². The Morgan fingerprint density at radius 2 is 1.38 bits per heavy atom. The standard InChI is InChI=1S/C11H17N3O7/c1-4-5(15)6(16)7(17)8(20-4)21-11-13-9(18-2)12-10(14-11)19-3/h4-8,15-17H,1-3H3/t4-,5+,6+,7-,8-/m0/s1. The molecule has 1 fully saturated rings. The van der Waals surface area contributed by atoms with Crippen LogP contribution in [0, 0.1) is 0 Å². The summed E-state index contributed by atoms with van der Waals surface area (Å²) in [6.45, 7) is 1.53. The van der Waals surface area contributed by atoms with Gasteiger partial charge in [-0.3, -0.25) is 0 Å². The molecule has 0 unspecified atom stereocenters. The first-order valence-corrected chi connectivity index (χ1v) is 6.16. The first kappa shape index (κ1) is 15.6. The molecule has 10 nitrogen and oxygen atoms in total. The lowest BCUT2D eigenvalue weighted by molar-refractivity contribution is -0.269. The summed E-state index contributed by atoms with van der Waals surface area (Å²) in [7, 11) is 2.71. The molecule has 5 atom stereocenters. The minimum Gasteiger partial charge on any atom is -0.467 e. The third-order valence-electron chi connectivity index (χ3n) is 2.97. The van der Waals surface area contributed by atoms with Gasteiger partial charge in [0.1, 0.15) is 18.3 Å². The van der Waals surface area contributed by atoms with Crippen LogP contribution in [0.3, 0.4) is 0 Å². The van der Waals surface area contributed by atoms with Gasteiger partial charge in [0.2, 0.25) is 6.29 Å². The van der Waals surface area contributed by atoms with E-state index in [1.54, 1.807) is 0 Å². The van der Waals surface area contributed by atoms with E-state index in [-0.39, 0.29) is 18.0 Å². The number of ether oxygens (including phenoxy) is 4. The summed E-state index contributed by atoms with van der Waals surface area (Å²) in [5.41, 5.74) is 0. The summed E-state index contributed by atoms with van der Waals surface area (Å²) in [5.74, 6) is 0. The molecular weight excluding hydrogens is 286 g/mol. The van der Waals surface area contributed by atoms with Crippen molar-refractivity contribution in [2.24, 2.45) is 0 Å². The maximum absolute atomic E-state index is 9.85. The van der Waals surface area contributed by atoms with E-state index in [0.29, 0.717) is 0 Å². The highest BCUT2D eigenvalue weighted by Crippen LogP contribution is 2.23. The third kappa shape index (κ3) is 3.29. The van der Waals surface area contributed by atoms with Gasteiger partial charge in [-0.2, -0.15) is 0 Å². The van der Waals surface area contributed by atoms with Crippen molar-refractivity contribution in [1.82, 2.24) is 15.0 Å². The number of aromatic nitrogens is 3. The summed E-state index contributed by atoms with van der Waals surface area (Å²) in [4.78, 5) is 11.4. The Morgan fingerprint density at radius 3 is 1.90 bits per heavy atom. The summed E-state index contributed by atoms with van der Waals surface area (Å²) in [6.07, 6.45) is -6.09. The zero-order valence-electron chi connectivity index (χ0n) is 11.7. The number of hydrogen-bond donors (Lipinski definition) is 3. The normalized spacial score (nSPS) is 32.6. The van der Waals surface area contributed by atoms with Crippen LogP contribution in [0.5, 0.6) is 18.0 Å². The SMILES string of the molecule is COc1nc(OC)nc(O[C@@H]2O[C@@H](C)[C@@H](O)[C@@H](O)[C@@H]2O)n1. The predicted octanol–water partition coefficient (Wildman–Crippen LogP) is -1.90. The second-order valence-corrected chi connectivity index (χ2v) is 4.39. The maximum Gasteiger partial charge on any atom is 0.328 e. The van der Waals surface area contributed by atoms with Crippen molar-refractivity contribution >= 4 is 0 Å². The Kier molecular flexibility index (Phi) is 4.73. The lowest BCUT2D eigenvalue weighted by atomic mass is 10.0. The van der Waals surface area contributed by atoms with Gasteiger partial charge in [0, 0.05) is 0 Å². The lowest BCUT2D eigenvalue weighted by Gasteiger charge is -2.38. The highest BCUT2D eigenvalue weighted by Gasteiger charge is 2.43. The second kappa shape index (κ2) is 6.35. The van der Waals surface area contributed by atoms with Crippen molar-refractivity contribution in [2.75, 3.05) is 14.2 Å². The molecule has 0 bridgehead atoms. The van der Waals surface area contributed by atoms with Crippen molar-refractivity contribution in [3.63, 3.8) is 0 Å². The van der Waals surface area contributed by atoms with Crippen LogP contribution in [0.1, 0.15) is 6.92 Å². The van der Waals surface area contributed by atoms with Gasteiger partial charge in [-0.15, -0.1) is 15.0 Å². The van der Waals surface area contributed by atoms with Crippen molar-refractivity contribution in [2.45, 2.75) is 37.6 Å². The van der Waals surface area contributed by atoms with E-state index < -0.39 is 30.7 Å². The third-order valence-corrected chi connectivity index (χ3v) is 2.97. The van der Waals surface area contributed by atoms with Gasteiger partial charge in [-0.1, -0.05) is 0 Å². The topological polar surface area (TPSA) is 136 Å². The highest BCUT2D eigenvalue weighted by molar-refractivity contribution is 5.09. The fourth-order valence-electron chi connectivity index (χ4n) is 1.77. The van der Waals surface area contributed by atoms with Gasteiger partial charge >= 0.3 is 18.0 Å². The highest BCUT2D eigenvalue weighted by atomic mass is 16.7. The van der Waals surface area contributed by atoms with Crippen LogP contribution in [0.4, 0.5) is 0 Å². The summed E-state index contributed by atoms with van der Waals surface area (Å²) >= 11 is 0. The summed E-state index contributed by atoms with van der Waals surface area (Å²) < 4.78 is 20.3. The van der Waals surface area contributed by atoms with Crippen molar-refractivity contribution < 1.29 is 34.3 Å². The Bertz CT molecular complexity index is 467. The molecule has 2 rings (SSSR count). The van der Waals surface area contributed by atoms with Crippen LogP contribution in [-0.2, 0) is 4.74 Å². The van der Waals surface area contributed by atoms with E-state index in [4.69, 9.17) is 18.9 Å². The first-order valence-electron chi connectivity index (χ1n) is 6.16. The van der Waals surface area contributed by atoms with E-state index in [1.165, 1.54) is 21.1 Å². The smallest absolute Gasteiger partial charge is 0.328 e. The average Bonchev–Trinajstić information content (AvgIpc) is 2.50. The van der Waals surface area contributed by atoms with Crippen molar-refractivity contribution in [3.05, 3.63) is 0 Å². The van der Waals surface area contributed by atoms with Crippen LogP contribution in [0.15, 0.2) is 0 Å². The average molecular weight is 303 g/mol. The van der Waals surface area contributed by atoms with Crippen LogP contribution < -0.4 is 14.2 Å². The van der Waals surface area contributed by atoms with Crippen molar-refractivity contribution in [1.29, 1.82) is 0 Å². The Balaban J connectivity index is 2.17. The quantitative estimate of drug-likeness (QED) is 0.578. The number of methoxy groups -OCH3 is 2. The van der Waals surface area contributed by atoms with E-state index in [0.717, 1.165) is 0 Å². The molecule has 1 aliphatic rings. The van der Waals surface area contributed by atoms with E-state index in [1.807, 2.05) is 0 Å². The van der Waals surface area contributed by atoms with E-state index in [9.17, 15) is 15.3 Å². The van der Waals surface area contributed by atoms with E-state index >= 15 is 0 Å². The fraction of sp³-hybridized carbons (Fsp3) is 0.727. The van der Waals surface area contributed by atoms with Gasteiger partial charge in [0.05, 0.1) is 20.3 Å². The van der Waals surface area contributed by atoms with Gasteiger partial charge in [-0.05, 0) is 6.92 Å². The molecule has 3 N–H and O–H groups in total. The molecule has 1 saturated heterocycles. The van der Waals surface area contributed by atoms with Crippen LogP contribution >= 0.6 is 0 Å². The lowest BCUT2D eigenvalue weighted by Crippen LogP contribution is -2.58. The molecule has 0 spiro atoms. The molecule has 1 aromatic heterocycles. The summed E-state index contributed by atoms with van der Waals surface area (Å²) in [5, 5.41) is 29.1. The molecule has 21 heavy (non-hydrogen) atoms. The Hall–Kier alpha value is -1.75. The molecule has 1 aliphatic heterocycles. The molecule has 2 heterocycles. The fourth-order valence-corrected chi connectivity index (χ4v) is 1.77. The van der Waals surface area contributed by atoms with Gasteiger partial charge in [0.15, 0.2) is 0 Å². The minimum absolute atomic E-state index is 0.0456. The van der Waals surface area contributed by atoms with E-state index in [2.05, 4.69) is 15.0 Å². The van der Waals surface area contributed by atoms with Crippen LogP contribution in [0.2, 0.25) is 0 Å². The number of aliphatic hydroxyl groups excluding tert-OH is 3. The molecule has 10 heteroatoms. The molecule has 0 radical (unpaired) electrons. The zero-order chi connectivity index (χ0) is 15.6.